The first kappa shape index (κ1) is 20.9. The molecule has 1 N–H and O–H groups in total. The lowest BCUT2D eigenvalue weighted by Gasteiger charge is -2.26. The van der Waals surface area contributed by atoms with E-state index in [0.717, 1.165) is 79.7 Å². The SMILES string of the molecule is Clc1ccc(-c2cnn3c(NCCCN4CCOCC4)cc(-c4ccccc4)nc23)cc1. The van der Waals surface area contributed by atoms with E-state index in [4.69, 9.17) is 21.3 Å². The Hall–Kier alpha value is -2.93. The molecule has 0 amide bonds. The van der Waals surface area contributed by atoms with Crippen molar-refractivity contribution in [2.24, 2.45) is 0 Å². The van der Waals surface area contributed by atoms with Gasteiger partial charge in [-0.05, 0) is 30.7 Å². The number of nitrogens with one attached hydrogen (secondary N) is 1. The van der Waals surface area contributed by atoms with Crippen LogP contribution in [0.15, 0.2) is 66.9 Å². The molecule has 2 aromatic carbocycles. The first-order valence-electron chi connectivity index (χ1n) is 11.0. The average Bonchev–Trinajstić information content (AvgIpc) is 3.28. The molecule has 0 bridgehead atoms. The molecule has 1 fully saturated rings. The van der Waals surface area contributed by atoms with Gasteiger partial charge in [0.05, 0.1) is 25.1 Å². The molecule has 7 heteroatoms. The van der Waals surface area contributed by atoms with Crippen LogP contribution in [0.1, 0.15) is 6.42 Å². The van der Waals surface area contributed by atoms with Crippen LogP contribution in [0.4, 0.5) is 5.82 Å². The molecule has 1 aliphatic heterocycles. The molecule has 0 radical (unpaired) electrons. The van der Waals surface area contributed by atoms with E-state index in [1.54, 1.807) is 0 Å². The summed E-state index contributed by atoms with van der Waals surface area (Å²) in [6.45, 7) is 5.62. The minimum atomic E-state index is 0.714. The fourth-order valence-corrected chi connectivity index (χ4v) is 4.15. The Balaban J connectivity index is 1.44. The third kappa shape index (κ3) is 4.63. The number of halogens is 1. The molecule has 0 spiro atoms. The lowest BCUT2D eigenvalue weighted by Crippen LogP contribution is -2.37. The number of anilines is 1. The van der Waals surface area contributed by atoms with Crippen molar-refractivity contribution in [3.63, 3.8) is 0 Å². The van der Waals surface area contributed by atoms with Gasteiger partial charge in [-0.25, -0.2) is 4.98 Å². The summed E-state index contributed by atoms with van der Waals surface area (Å²) in [6, 6.07) is 20.1. The minimum Gasteiger partial charge on any atom is -0.379 e. The molecular formula is C25H26ClN5O. The zero-order valence-corrected chi connectivity index (χ0v) is 18.6. The Morgan fingerprint density at radius 3 is 2.53 bits per heavy atom. The van der Waals surface area contributed by atoms with Gasteiger partial charge in [0.2, 0.25) is 0 Å². The van der Waals surface area contributed by atoms with Crippen molar-refractivity contribution in [2.75, 3.05) is 44.7 Å². The summed E-state index contributed by atoms with van der Waals surface area (Å²) in [4.78, 5) is 7.43. The summed E-state index contributed by atoms with van der Waals surface area (Å²) in [5.74, 6) is 0.941. The maximum Gasteiger partial charge on any atom is 0.165 e. The van der Waals surface area contributed by atoms with Gasteiger partial charge in [-0.15, -0.1) is 0 Å². The van der Waals surface area contributed by atoms with Crippen LogP contribution in [0.2, 0.25) is 5.02 Å². The first-order valence-corrected chi connectivity index (χ1v) is 11.4. The van der Waals surface area contributed by atoms with Crippen molar-refractivity contribution in [1.82, 2.24) is 19.5 Å². The van der Waals surface area contributed by atoms with Crippen molar-refractivity contribution < 1.29 is 4.74 Å². The number of fused-ring (bicyclic) bond motifs is 1. The summed E-state index contributed by atoms with van der Waals surface area (Å²) in [5.41, 5.74) is 4.85. The fraction of sp³-hybridized carbons (Fsp3) is 0.280. The molecular weight excluding hydrogens is 422 g/mol. The molecule has 0 unspecified atom stereocenters. The van der Waals surface area contributed by atoms with E-state index in [-0.39, 0.29) is 0 Å². The van der Waals surface area contributed by atoms with E-state index < -0.39 is 0 Å². The zero-order valence-electron chi connectivity index (χ0n) is 17.9. The number of aromatic nitrogens is 3. The van der Waals surface area contributed by atoms with Crippen LogP contribution in [0.25, 0.3) is 28.0 Å². The van der Waals surface area contributed by atoms with E-state index in [2.05, 4.69) is 33.5 Å². The van der Waals surface area contributed by atoms with Crippen molar-refractivity contribution in [2.45, 2.75) is 6.42 Å². The van der Waals surface area contributed by atoms with Crippen LogP contribution in [-0.4, -0.2) is 58.9 Å². The van der Waals surface area contributed by atoms with Crippen molar-refractivity contribution in [3.05, 3.63) is 71.9 Å². The predicted molar refractivity (Wildman–Crippen MR) is 129 cm³/mol. The van der Waals surface area contributed by atoms with Gasteiger partial charge >= 0.3 is 0 Å². The number of morpholine rings is 1. The normalized spacial score (nSPS) is 14.7. The molecule has 1 saturated heterocycles. The highest BCUT2D eigenvalue weighted by atomic mass is 35.5. The van der Waals surface area contributed by atoms with Crippen molar-refractivity contribution in [1.29, 1.82) is 0 Å². The molecule has 3 heterocycles. The van der Waals surface area contributed by atoms with Crippen LogP contribution < -0.4 is 5.32 Å². The molecule has 4 aromatic rings. The molecule has 5 rings (SSSR count). The summed E-state index contributed by atoms with van der Waals surface area (Å²) >= 11 is 6.09. The molecule has 1 aliphatic rings. The molecule has 0 aliphatic carbocycles. The topological polar surface area (TPSA) is 54.7 Å². The highest BCUT2D eigenvalue weighted by Gasteiger charge is 2.15. The maximum atomic E-state index is 6.09. The molecule has 6 nitrogen and oxygen atoms in total. The molecule has 0 saturated carbocycles. The van der Waals surface area contributed by atoms with Crippen molar-refractivity contribution in [3.8, 4) is 22.4 Å². The van der Waals surface area contributed by atoms with Crippen LogP contribution in [0, 0.1) is 0 Å². The monoisotopic (exact) mass is 447 g/mol. The standard InChI is InChI=1S/C25H26ClN5O/c26-21-9-7-19(8-10-21)22-18-28-31-24(27-11-4-12-30-13-15-32-16-14-30)17-23(29-25(22)31)20-5-2-1-3-6-20/h1-3,5-10,17-18,27H,4,11-16H2. The van der Waals surface area contributed by atoms with Gasteiger partial charge in [0.25, 0.3) is 0 Å². The number of hydrogen-bond acceptors (Lipinski definition) is 5. The smallest absolute Gasteiger partial charge is 0.165 e. The number of rotatable bonds is 7. The van der Waals surface area contributed by atoms with Crippen LogP contribution in [0.5, 0.6) is 0 Å². The summed E-state index contributed by atoms with van der Waals surface area (Å²) in [7, 11) is 0. The van der Waals surface area contributed by atoms with Gasteiger partial charge in [0, 0.05) is 41.9 Å². The van der Waals surface area contributed by atoms with E-state index in [0.29, 0.717) is 5.02 Å². The van der Waals surface area contributed by atoms with E-state index in [9.17, 15) is 0 Å². The largest absolute Gasteiger partial charge is 0.379 e. The minimum absolute atomic E-state index is 0.714. The highest BCUT2D eigenvalue weighted by molar-refractivity contribution is 6.30. The van der Waals surface area contributed by atoms with Gasteiger partial charge in [-0.3, -0.25) is 4.90 Å². The lowest BCUT2D eigenvalue weighted by atomic mass is 10.1. The van der Waals surface area contributed by atoms with E-state index >= 15 is 0 Å². The predicted octanol–water partition coefficient (Wildman–Crippen LogP) is 4.85. The Labute approximate surface area is 192 Å². The second-order valence-corrected chi connectivity index (χ2v) is 8.36. The lowest BCUT2D eigenvalue weighted by molar-refractivity contribution is 0.0378. The number of benzene rings is 2. The third-order valence-electron chi connectivity index (χ3n) is 5.76. The van der Waals surface area contributed by atoms with Crippen molar-refractivity contribution >= 4 is 23.1 Å². The Morgan fingerprint density at radius 2 is 1.75 bits per heavy atom. The van der Waals surface area contributed by atoms with Gasteiger partial charge in [0.15, 0.2) is 5.65 Å². The number of nitrogens with zero attached hydrogens (tertiary/aromatic N) is 4. The fourth-order valence-electron chi connectivity index (χ4n) is 4.02. The van der Waals surface area contributed by atoms with Gasteiger partial charge in [0.1, 0.15) is 5.82 Å². The first-order chi connectivity index (χ1) is 15.8. The second kappa shape index (κ2) is 9.69. The second-order valence-electron chi connectivity index (χ2n) is 7.93. The molecule has 32 heavy (non-hydrogen) atoms. The van der Waals surface area contributed by atoms with E-state index in [1.165, 1.54) is 0 Å². The molecule has 0 atom stereocenters. The Bertz CT molecular complexity index is 1170. The highest BCUT2D eigenvalue weighted by Crippen LogP contribution is 2.29. The Kier molecular flexibility index (Phi) is 6.34. The molecule has 164 valence electrons. The van der Waals surface area contributed by atoms with Gasteiger partial charge in [-0.2, -0.15) is 9.61 Å². The van der Waals surface area contributed by atoms with Crippen LogP contribution in [-0.2, 0) is 4.74 Å². The van der Waals surface area contributed by atoms with Gasteiger partial charge in [-0.1, -0.05) is 54.1 Å². The third-order valence-corrected chi connectivity index (χ3v) is 6.01. The maximum absolute atomic E-state index is 6.09. The quantitative estimate of drug-likeness (QED) is 0.410. The van der Waals surface area contributed by atoms with E-state index in [1.807, 2.05) is 53.2 Å². The zero-order chi connectivity index (χ0) is 21.8. The molecule has 2 aromatic heterocycles. The van der Waals surface area contributed by atoms with Crippen LogP contribution in [0.3, 0.4) is 0 Å². The Morgan fingerprint density at radius 1 is 0.969 bits per heavy atom. The van der Waals surface area contributed by atoms with Crippen LogP contribution >= 0.6 is 11.6 Å². The summed E-state index contributed by atoms with van der Waals surface area (Å²) in [6.07, 6.45) is 2.93. The average molecular weight is 448 g/mol. The number of hydrogen-bond donors (Lipinski definition) is 1. The van der Waals surface area contributed by atoms with Gasteiger partial charge < -0.3 is 10.1 Å². The number of ether oxygens (including phenoxy) is 1. The summed E-state index contributed by atoms with van der Waals surface area (Å²) < 4.78 is 7.33. The summed E-state index contributed by atoms with van der Waals surface area (Å²) in [5, 5.41) is 8.96.